The number of hydrogen-bond donors (Lipinski definition) is 0. The molecule has 0 radical (unpaired) electrons. The van der Waals surface area contributed by atoms with Gasteiger partial charge in [-0.05, 0) is 182 Å². The van der Waals surface area contributed by atoms with Crippen molar-refractivity contribution in [2.45, 2.75) is 0 Å². The average Bonchev–Trinajstić information content (AvgIpc) is 1.22. The number of hydrogen-bond acceptors (Lipinski definition) is 0. The van der Waals surface area contributed by atoms with Crippen LogP contribution in [0.1, 0.15) is 0 Å². The SMILES string of the molecule is c1ccc(-c2cc(-c3ccccc3)c3ccc4cccc5ccc2c3c54)cc1.c1ccc(-c2cc(-c3ccccc3)c3ccc4cccc5ccc2c3c54)cc1.c1ccc(-c2cc(-c3ccccc3)c3ccc4cccc5ccc2c3c54)cc1. The molecule has 0 aromatic heterocycles. The van der Waals surface area contributed by atoms with Crippen LogP contribution >= 0.6 is 0 Å². The number of rotatable bonds is 6. The van der Waals surface area contributed by atoms with Gasteiger partial charge >= 0.3 is 0 Å². The van der Waals surface area contributed by atoms with Crippen molar-refractivity contribution < 1.29 is 0 Å². The summed E-state index contributed by atoms with van der Waals surface area (Å²) in [6.45, 7) is 0. The van der Waals surface area contributed by atoms with E-state index in [1.54, 1.807) is 0 Å². The third-order valence-electron chi connectivity index (χ3n) is 17.4. The highest BCUT2D eigenvalue weighted by molar-refractivity contribution is 6.31. The first kappa shape index (κ1) is 48.9. The fraction of sp³-hybridized carbons (Fsp3) is 0. The fourth-order valence-electron chi connectivity index (χ4n) is 13.6. The lowest BCUT2D eigenvalue weighted by molar-refractivity contribution is 1.63. The molecule has 0 saturated heterocycles. The van der Waals surface area contributed by atoms with E-state index in [1.807, 2.05) is 0 Å². The summed E-state index contributed by atoms with van der Waals surface area (Å²) in [6.07, 6.45) is 0. The van der Waals surface area contributed by atoms with Crippen molar-refractivity contribution in [1.82, 2.24) is 0 Å². The molecule has 390 valence electrons. The fourth-order valence-corrected chi connectivity index (χ4v) is 13.6. The summed E-state index contributed by atoms with van der Waals surface area (Å²) < 4.78 is 0. The van der Waals surface area contributed by atoms with E-state index in [0.29, 0.717) is 0 Å². The van der Waals surface area contributed by atoms with Gasteiger partial charge in [-0.25, -0.2) is 0 Å². The maximum absolute atomic E-state index is 2.37. The minimum Gasteiger partial charge on any atom is -0.0622 e. The van der Waals surface area contributed by atoms with Crippen LogP contribution in [0.15, 0.2) is 328 Å². The predicted molar refractivity (Wildman–Crippen MR) is 363 cm³/mol. The van der Waals surface area contributed by atoms with Crippen LogP contribution in [0.4, 0.5) is 0 Å². The van der Waals surface area contributed by atoms with Crippen LogP contribution in [-0.2, 0) is 0 Å². The summed E-state index contributed by atoms with van der Waals surface area (Å²) in [5, 5.41) is 24.0. The largest absolute Gasteiger partial charge is 0.0622 e. The third kappa shape index (κ3) is 8.30. The average molecular weight is 1060 g/mol. The molecule has 0 bridgehead atoms. The Morgan fingerprint density at radius 1 is 0.119 bits per heavy atom. The molecule has 0 heterocycles. The van der Waals surface area contributed by atoms with Gasteiger partial charge in [-0.2, -0.15) is 0 Å². The summed E-state index contributed by atoms with van der Waals surface area (Å²) in [5.41, 5.74) is 15.3. The maximum Gasteiger partial charge on any atom is -0.00143 e. The summed E-state index contributed by atoms with van der Waals surface area (Å²) in [6, 6.07) is 119. The zero-order valence-corrected chi connectivity index (χ0v) is 46.2. The molecule has 0 atom stereocenters. The van der Waals surface area contributed by atoms with Crippen LogP contribution in [0.5, 0.6) is 0 Å². The molecule has 84 heavy (non-hydrogen) atoms. The van der Waals surface area contributed by atoms with Crippen LogP contribution in [0.3, 0.4) is 0 Å². The first-order chi connectivity index (χ1) is 41.7. The van der Waals surface area contributed by atoms with Crippen molar-refractivity contribution >= 4 is 97.0 Å². The van der Waals surface area contributed by atoms with E-state index in [9.17, 15) is 0 Å². The van der Waals surface area contributed by atoms with Gasteiger partial charge in [-0.1, -0.05) is 309 Å². The molecule has 0 nitrogen and oxygen atoms in total. The second-order valence-electron chi connectivity index (χ2n) is 22.2. The lowest BCUT2D eigenvalue weighted by atomic mass is 9.85. The Hall–Kier alpha value is -10.9. The minimum atomic E-state index is 1.26. The summed E-state index contributed by atoms with van der Waals surface area (Å²) in [7, 11) is 0. The number of benzene rings is 18. The molecule has 0 amide bonds. The molecule has 0 unspecified atom stereocenters. The second kappa shape index (κ2) is 20.6. The second-order valence-corrected chi connectivity index (χ2v) is 22.2. The van der Waals surface area contributed by atoms with E-state index in [1.165, 1.54) is 164 Å². The first-order valence-corrected chi connectivity index (χ1v) is 29.1. The van der Waals surface area contributed by atoms with Crippen molar-refractivity contribution in [3.63, 3.8) is 0 Å². The monoisotopic (exact) mass is 1060 g/mol. The van der Waals surface area contributed by atoms with Gasteiger partial charge in [0.1, 0.15) is 0 Å². The van der Waals surface area contributed by atoms with Gasteiger partial charge in [0.15, 0.2) is 0 Å². The van der Waals surface area contributed by atoms with Gasteiger partial charge in [-0.15, -0.1) is 0 Å². The van der Waals surface area contributed by atoms with E-state index in [-0.39, 0.29) is 0 Å². The minimum absolute atomic E-state index is 1.26. The lowest BCUT2D eigenvalue weighted by Gasteiger charge is -2.18. The molecule has 18 aromatic rings. The van der Waals surface area contributed by atoms with Crippen molar-refractivity contribution in [2.24, 2.45) is 0 Å². The Bertz CT molecular complexity index is 4510. The van der Waals surface area contributed by atoms with E-state index < -0.39 is 0 Å². The summed E-state index contributed by atoms with van der Waals surface area (Å²) >= 11 is 0. The molecule has 0 spiro atoms. The van der Waals surface area contributed by atoms with Crippen LogP contribution in [-0.4, -0.2) is 0 Å². The molecule has 0 aliphatic rings. The quantitative estimate of drug-likeness (QED) is 0.146. The Kier molecular flexibility index (Phi) is 12.0. The van der Waals surface area contributed by atoms with Crippen molar-refractivity contribution in [2.75, 3.05) is 0 Å². The Morgan fingerprint density at radius 3 is 0.452 bits per heavy atom. The molecule has 0 fully saturated rings. The molecule has 0 aliphatic carbocycles. The van der Waals surface area contributed by atoms with Crippen molar-refractivity contribution in [3.8, 4) is 66.8 Å². The van der Waals surface area contributed by atoms with E-state index in [4.69, 9.17) is 0 Å². The molecule has 0 heteroatoms. The van der Waals surface area contributed by atoms with E-state index in [0.717, 1.165) is 0 Å². The lowest BCUT2D eigenvalue weighted by Crippen LogP contribution is -1.90. The summed E-state index contributed by atoms with van der Waals surface area (Å²) in [5.74, 6) is 0. The highest BCUT2D eigenvalue weighted by atomic mass is 14.2. The molecule has 18 aromatic carbocycles. The summed E-state index contributed by atoms with van der Waals surface area (Å²) in [4.78, 5) is 0. The van der Waals surface area contributed by atoms with Gasteiger partial charge in [0, 0.05) is 0 Å². The Labute approximate surface area is 488 Å². The van der Waals surface area contributed by atoms with Crippen LogP contribution in [0.2, 0.25) is 0 Å². The molecule has 0 aliphatic heterocycles. The molecule has 0 N–H and O–H groups in total. The first-order valence-electron chi connectivity index (χ1n) is 29.1. The van der Waals surface area contributed by atoms with Crippen LogP contribution in [0.25, 0.3) is 164 Å². The van der Waals surface area contributed by atoms with Gasteiger partial charge < -0.3 is 0 Å². The normalized spacial score (nSPS) is 11.6. The highest BCUT2D eigenvalue weighted by Gasteiger charge is 2.20. The van der Waals surface area contributed by atoms with Gasteiger partial charge in [0.2, 0.25) is 0 Å². The van der Waals surface area contributed by atoms with E-state index in [2.05, 4.69) is 328 Å². The highest BCUT2D eigenvalue weighted by Crippen LogP contribution is 2.47. The Morgan fingerprint density at radius 2 is 0.286 bits per heavy atom. The molecule has 18 rings (SSSR count). The van der Waals surface area contributed by atoms with E-state index >= 15 is 0 Å². The Balaban J connectivity index is 0.000000103. The van der Waals surface area contributed by atoms with Crippen molar-refractivity contribution in [3.05, 3.63) is 328 Å². The molecule has 0 saturated carbocycles. The smallest absolute Gasteiger partial charge is 0.00143 e. The third-order valence-corrected chi connectivity index (χ3v) is 17.4. The molecular weight excluding hydrogens is 1010 g/mol. The van der Waals surface area contributed by atoms with Crippen LogP contribution < -0.4 is 0 Å². The predicted octanol–water partition coefficient (Wildman–Crippen LogP) is 23.8. The van der Waals surface area contributed by atoms with Gasteiger partial charge in [-0.3, -0.25) is 0 Å². The topological polar surface area (TPSA) is 0 Å². The maximum atomic E-state index is 2.37. The van der Waals surface area contributed by atoms with Crippen LogP contribution in [0, 0.1) is 0 Å². The standard InChI is InChI=1S/3C28H18/c3*1-3-8-19(9-4-1)25-18-26(20-10-5-2-6-11-20)24-17-15-22-13-7-12-21-14-16-23(25)28(24)27(21)22/h3*1-18H. The zero-order valence-electron chi connectivity index (χ0n) is 46.2. The molecular formula is C84H54. The van der Waals surface area contributed by atoms with Gasteiger partial charge in [0.25, 0.3) is 0 Å². The van der Waals surface area contributed by atoms with Gasteiger partial charge in [0.05, 0.1) is 0 Å². The van der Waals surface area contributed by atoms with Crippen molar-refractivity contribution in [1.29, 1.82) is 0 Å². The zero-order chi connectivity index (χ0) is 55.5.